The summed E-state index contributed by atoms with van der Waals surface area (Å²) < 4.78 is 54.9. The van der Waals surface area contributed by atoms with E-state index in [4.69, 9.17) is 4.74 Å². The summed E-state index contributed by atoms with van der Waals surface area (Å²) in [7, 11) is 1.49. The first-order chi connectivity index (χ1) is 9.81. The first-order valence-corrected chi connectivity index (χ1v) is 7.31. The highest BCUT2D eigenvalue weighted by molar-refractivity contribution is 7.90. The van der Waals surface area contributed by atoms with E-state index < -0.39 is 23.0 Å². The molecule has 0 aliphatic carbocycles. The molecule has 1 atom stereocenters. The zero-order chi connectivity index (χ0) is 15.6. The van der Waals surface area contributed by atoms with Gasteiger partial charge in [-0.2, -0.15) is 23.1 Å². The highest BCUT2D eigenvalue weighted by Crippen LogP contribution is 2.31. The van der Waals surface area contributed by atoms with Crippen molar-refractivity contribution in [2.24, 2.45) is 0 Å². The maximum atomic E-state index is 12.8. The maximum Gasteiger partial charge on any atom is 0.433 e. The Morgan fingerprint density at radius 1 is 1.14 bits per heavy atom. The van der Waals surface area contributed by atoms with Gasteiger partial charge in [0.15, 0.2) is 5.69 Å². The molecule has 0 saturated carbocycles. The fraction of sp³-hybridized carbons (Fsp3) is 0.231. The minimum absolute atomic E-state index is 0.0604. The van der Waals surface area contributed by atoms with E-state index in [2.05, 4.69) is 9.97 Å². The average Bonchev–Trinajstić information content (AvgIpc) is 2.46. The summed E-state index contributed by atoms with van der Waals surface area (Å²) in [6.07, 6.45) is -3.40. The Labute approximate surface area is 122 Å². The van der Waals surface area contributed by atoms with Crippen molar-refractivity contribution in [3.63, 3.8) is 0 Å². The minimum atomic E-state index is -4.63. The normalized spacial score (nSPS) is 13.0. The first-order valence-electron chi connectivity index (χ1n) is 5.75. The Morgan fingerprint density at radius 3 is 2.24 bits per heavy atom. The standard InChI is InChI=1S/C13H11F3N2O2S/c1-20-9-5-3-8(4-6-9)10-7-11(13(14,15)16)18-12(17-10)21(2)19/h3-7H,1-2H3. The van der Waals surface area contributed by atoms with Gasteiger partial charge < -0.3 is 9.29 Å². The van der Waals surface area contributed by atoms with E-state index in [-0.39, 0.29) is 10.9 Å². The van der Waals surface area contributed by atoms with Gasteiger partial charge >= 0.3 is 11.3 Å². The summed E-state index contributed by atoms with van der Waals surface area (Å²) in [4.78, 5) is 7.22. The number of benzene rings is 1. The van der Waals surface area contributed by atoms with E-state index in [0.29, 0.717) is 11.3 Å². The number of nitrogens with zero attached hydrogens (tertiary/aromatic N) is 2. The van der Waals surface area contributed by atoms with Gasteiger partial charge in [0.05, 0.1) is 12.8 Å². The number of rotatable bonds is 3. The summed E-state index contributed by atoms with van der Waals surface area (Å²) in [6.45, 7) is 0. The van der Waals surface area contributed by atoms with E-state index in [1.54, 1.807) is 24.3 Å². The Morgan fingerprint density at radius 2 is 1.76 bits per heavy atom. The Hall–Kier alpha value is -1.80. The molecule has 21 heavy (non-hydrogen) atoms. The summed E-state index contributed by atoms with van der Waals surface area (Å²) in [5, 5.41) is -0.351. The van der Waals surface area contributed by atoms with Gasteiger partial charge in [0.25, 0.3) is 0 Å². The van der Waals surface area contributed by atoms with Crippen LogP contribution in [0.5, 0.6) is 5.75 Å². The molecular weight excluding hydrogens is 305 g/mol. The highest BCUT2D eigenvalue weighted by atomic mass is 32.2. The molecule has 0 N–H and O–H groups in total. The fourth-order valence-electron chi connectivity index (χ4n) is 1.61. The second-order valence-electron chi connectivity index (χ2n) is 4.10. The van der Waals surface area contributed by atoms with E-state index in [1.165, 1.54) is 13.4 Å². The van der Waals surface area contributed by atoms with Gasteiger partial charge in [-0.3, -0.25) is 0 Å². The van der Waals surface area contributed by atoms with Gasteiger partial charge in [-0.1, -0.05) is 0 Å². The molecule has 8 heteroatoms. The Balaban J connectivity index is 2.53. The van der Waals surface area contributed by atoms with Crippen molar-refractivity contribution in [3.8, 4) is 17.0 Å². The van der Waals surface area contributed by atoms with Gasteiger partial charge in [-0.25, -0.2) is 0 Å². The number of alkyl halides is 3. The highest BCUT2D eigenvalue weighted by Gasteiger charge is 2.35. The predicted molar refractivity (Wildman–Crippen MR) is 71.4 cm³/mol. The lowest BCUT2D eigenvalue weighted by atomic mass is 10.1. The largest absolute Gasteiger partial charge is 0.609 e. The summed E-state index contributed by atoms with van der Waals surface area (Å²) in [5.74, 6) is 0.572. The quantitative estimate of drug-likeness (QED) is 0.645. The van der Waals surface area contributed by atoms with Gasteiger partial charge in [0.1, 0.15) is 12.0 Å². The molecule has 0 saturated heterocycles. The lowest BCUT2D eigenvalue weighted by molar-refractivity contribution is -0.141. The van der Waals surface area contributed by atoms with Crippen LogP contribution in [0.25, 0.3) is 11.3 Å². The van der Waals surface area contributed by atoms with Gasteiger partial charge in [-0.15, -0.1) is 0 Å². The molecule has 4 nitrogen and oxygen atoms in total. The number of methoxy groups -OCH3 is 1. The summed E-state index contributed by atoms with van der Waals surface area (Å²) in [5.41, 5.74) is -0.603. The molecule has 2 aromatic rings. The van der Waals surface area contributed by atoms with Gasteiger partial charge in [0.2, 0.25) is 0 Å². The Bertz CT molecular complexity index is 630. The van der Waals surface area contributed by atoms with Gasteiger partial charge in [0, 0.05) is 16.7 Å². The molecule has 0 radical (unpaired) electrons. The third-order valence-corrected chi connectivity index (χ3v) is 3.34. The third kappa shape index (κ3) is 3.64. The lowest BCUT2D eigenvalue weighted by Gasteiger charge is -2.10. The average molecular weight is 316 g/mol. The number of halogens is 3. The molecule has 1 aromatic heterocycles. The van der Waals surface area contributed by atoms with Crippen LogP contribution in [0.2, 0.25) is 0 Å². The van der Waals surface area contributed by atoms with Crippen LogP contribution in [0.1, 0.15) is 5.69 Å². The number of aromatic nitrogens is 2. The minimum Gasteiger partial charge on any atom is -0.609 e. The van der Waals surface area contributed by atoms with Crippen LogP contribution in [0, 0.1) is 0 Å². The maximum absolute atomic E-state index is 12.8. The molecule has 1 aromatic carbocycles. The van der Waals surface area contributed by atoms with Crippen molar-refractivity contribution < 1.29 is 22.5 Å². The van der Waals surface area contributed by atoms with Crippen LogP contribution in [-0.4, -0.2) is 27.9 Å². The molecule has 0 aliphatic rings. The van der Waals surface area contributed by atoms with Crippen molar-refractivity contribution in [2.75, 3.05) is 13.4 Å². The molecule has 0 aliphatic heterocycles. The smallest absolute Gasteiger partial charge is 0.433 e. The zero-order valence-electron chi connectivity index (χ0n) is 11.1. The molecule has 1 heterocycles. The fourth-order valence-corrected chi connectivity index (χ4v) is 2.06. The van der Waals surface area contributed by atoms with E-state index in [9.17, 15) is 17.7 Å². The second-order valence-corrected chi connectivity index (χ2v) is 5.37. The van der Waals surface area contributed by atoms with E-state index in [0.717, 1.165) is 6.07 Å². The molecule has 1 unspecified atom stereocenters. The van der Waals surface area contributed by atoms with Crippen molar-refractivity contribution >= 4 is 11.2 Å². The van der Waals surface area contributed by atoms with Crippen LogP contribution >= 0.6 is 0 Å². The van der Waals surface area contributed by atoms with Crippen molar-refractivity contribution in [3.05, 3.63) is 36.0 Å². The lowest BCUT2D eigenvalue weighted by Crippen LogP contribution is -2.14. The summed E-state index contributed by atoms with van der Waals surface area (Å²) in [6, 6.07) is 7.19. The number of hydrogen-bond acceptors (Lipinski definition) is 4. The monoisotopic (exact) mass is 316 g/mol. The number of hydrogen-bond donors (Lipinski definition) is 0. The van der Waals surface area contributed by atoms with Crippen molar-refractivity contribution in [1.82, 2.24) is 9.97 Å². The van der Waals surface area contributed by atoms with Crippen LogP contribution in [0.4, 0.5) is 13.2 Å². The van der Waals surface area contributed by atoms with Crippen LogP contribution in [0.3, 0.4) is 0 Å². The zero-order valence-corrected chi connectivity index (χ0v) is 12.0. The van der Waals surface area contributed by atoms with Crippen LogP contribution < -0.4 is 4.74 Å². The molecule has 112 valence electrons. The molecule has 0 spiro atoms. The number of ether oxygens (including phenoxy) is 1. The summed E-state index contributed by atoms with van der Waals surface area (Å²) >= 11 is -1.71. The van der Waals surface area contributed by atoms with Crippen LogP contribution in [0.15, 0.2) is 35.5 Å². The Kier molecular flexibility index (Phi) is 4.38. The SMILES string of the molecule is COc1ccc(-c2cc(C(F)(F)F)nc([S+](C)[O-])n2)cc1. The van der Waals surface area contributed by atoms with E-state index in [1.807, 2.05) is 0 Å². The van der Waals surface area contributed by atoms with E-state index >= 15 is 0 Å². The third-order valence-electron chi connectivity index (χ3n) is 2.64. The molecule has 2 rings (SSSR count). The van der Waals surface area contributed by atoms with Crippen molar-refractivity contribution in [2.45, 2.75) is 11.3 Å². The molecule has 0 bridgehead atoms. The predicted octanol–water partition coefficient (Wildman–Crippen LogP) is 2.91. The van der Waals surface area contributed by atoms with Crippen LogP contribution in [-0.2, 0) is 17.4 Å². The molecule has 0 amide bonds. The first kappa shape index (κ1) is 15.6. The molecular formula is C13H11F3N2O2S. The topological polar surface area (TPSA) is 58.1 Å². The van der Waals surface area contributed by atoms with Gasteiger partial charge in [-0.05, 0) is 30.3 Å². The molecule has 0 fully saturated rings. The second kappa shape index (κ2) is 5.90. The van der Waals surface area contributed by atoms with Crippen molar-refractivity contribution in [1.29, 1.82) is 0 Å².